The van der Waals surface area contributed by atoms with Gasteiger partial charge in [0.1, 0.15) is 0 Å². The third-order valence-corrected chi connectivity index (χ3v) is 3.64. The standard InChI is InChI=1S/C12H21F3N2O/c1-10(2,3)9(18)17-6-4-11(8-16,5-7-17)12(13,14)15/h4-8,16H2,1-3H3. The highest BCUT2D eigenvalue weighted by atomic mass is 19.4. The van der Waals surface area contributed by atoms with Gasteiger partial charge in [-0.15, -0.1) is 0 Å². The second-order valence-electron chi connectivity index (χ2n) is 6.02. The molecule has 1 amide bonds. The van der Waals surface area contributed by atoms with Gasteiger partial charge < -0.3 is 10.6 Å². The summed E-state index contributed by atoms with van der Waals surface area (Å²) in [5.74, 6) is -0.102. The number of carbonyl (C=O) groups excluding carboxylic acids is 1. The number of piperidine rings is 1. The van der Waals surface area contributed by atoms with E-state index in [4.69, 9.17) is 5.73 Å². The number of nitrogens with two attached hydrogens (primary N) is 1. The van der Waals surface area contributed by atoms with Crippen molar-refractivity contribution in [3.8, 4) is 0 Å². The van der Waals surface area contributed by atoms with Crippen LogP contribution in [0.15, 0.2) is 0 Å². The van der Waals surface area contributed by atoms with Gasteiger partial charge in [-0.3, -0.25) is 4.79 Å². The van der Waals surface area contributed by atoms with Crippen LogP contribution < -0.4 is 5.73 Å². The molecule has 18 heavy (non-hydrogen) atoms. The highest BCUT2D eigenvalue weighted by Gasteiger charge is 2.55. The third kappa shape index (κ3) is 2.79. The van der Waals surface area contributed by atoms with Gasteiger partial charge in [0.15, 0.2) is 0 Å². The summed E-state index contributed by atoms with van der Waals surface area (Å²) < 4.78 is 38.9. The molecule has 0 aliphatic carbocycles. The number of halogens is 3. The number of nitrogens with zero attached hydrogens (tertiary/aromatic N) is 1. The first kappa shape index (κ1) is 15.3. The summed E-state index contributed by atoms with van der Waals surface area (Å²) >= 11 is 0. The molecule has 0 spiro atoms. The Morgan fingerprint density at radius 3 is 1.94 bits per heavy atom. The fourth-order valence-electron chi connectivity index (χ4n) is 2.22. The quantitative estimate of drug-likeness (QED) is 0.790. The maximum atomic E-state index is 13.0. The summed E-state index contributed by atoms with van der Waals surface area (Å²) in [7, 11) is 0. The van der Waals surface area contributed by atoms with Crippen molar-refractivity contribution in [2.24, 2.45) is 16.6 Å². The largest absolute Gasteiger partial charge is 0.395 e. The molecular formula is C12H21F3N2O. The summed E-state index contributed by atoms with van der Waals surface area (Å²) in [5.41, 5.74) is 2.94. The molecule has 1 saturated heterocycles. The maximum absolute atomic E-state index is 13.0. The molecule has 0 bridgehead atoms. The second kappa shape index (κ2) is 4.72. The summed E-state index contributed by atoms with van der Waals surface area (Å²) in [4.78, 5) is 13.5. The van der Waals surface area contributed by atoms with Crippen LogP contribution in [0.4, 0.5) is 13.2 Å². The Labute approximate surface area is 106 Å². The van der Waals surface area contributed by atoms with E-state index in [9.17, 15) is 18.0 Å². The number of amides is 1. The molecule has 6 heteroatoms. The van der Waals surface area contributed by atoms with Crippen molar-refractivity contribution in [3.63, 3.8) is 0 Å². The molecule has 1 heterocycles. The normalized spacial score (nSPS) is 20.9. The van der Waals surface area contributed by atoms with Crippen molar-refractivity contribution in [1.82, 2.24) is 4.90 Å². The zero-order valence-electron chi connectivity index (χ0n) is 11.1. The number of alkyl halides is 3. The van der Waals surface area contributed by atoms with Gasteiger partial charge in [-0.05, 0) is 12.8 Å². The molecule has 0 aromatic heterocycles. The lowest BCUT2D eigenvalue weighted by atomic mass is 9.77. The second-order valence-corrected chi connectivity index (χ2v) is 6.02. The summed E-state index contributed by atoms with van der Waals surface area (Å²) in [6.07, 6.45) is -4.50. The van der Waals surface area contributed by atoms with Crippen LogP contribution >= 0.6 is 0 Å². The minimum Gasteiger partial charge on any atom is -0.342 e. The summed E-state index contributed by atoms with van der Waals surface area (Å²) in [6.45, 7) is 5.16. The first-order valence-corrected chi connectivity index (χ1v) is 6.10. The van der Waals surface area contributed by atoms with Crippen molar-refractivity contribution in [2.75, 3.05) is 19.6 Å². The van der Waals surface area contributed by atoms with Crippen molar-refractivity contribution in [1.29, 1.82) is 0 Å². The highest BCUT2D eigenvalue weighted by molar-refractivity contribution is 5.81. The smallest absolute Gasteiger partial charge is 0.342 e. The number of carbonyl (C=O) groups is 1. The van der Waals surface area contributed by atoms with Gasteiger partial charge in [-0.25, -0.2) is 0 Å². The lowest BCUT2D eigenvalue weighted by Crippen LogP contribution is -2.54. The Kier molecular flexibility index (Phi) is 4.00. The Morgan fingerprint density at radius 2 is 1.67 bits per heavy atom. The summed E-state index contributed by atoms with van der Waals surface area (Å²) in [6, 6.07) is 0. The molecule has 1 rings (SSSR count). The Hall–Kier alpha value is -0.780. The van der Waals surface area contributed by atoms with Crippen molar-refractivity contribution < 1.29 is 18.0 Å². The average Bonchev–Trinajstić information content (AvgIpc) is 2.25. The number of rotatable bonds is 1. The molecule has 0 aromatic carbocycles. The van der Waals surface area contributed by atoms with E-state index in [1.807, 2.05) is 0 Å². The molecule has 0 aromatic rings. The van der Waals surface area contributed by atoms with Gasteiger partial charge in [-0.2, -0.15) is 13.2 Å². The SMILES string of the molecule is CC(C)(C)C(=O)N1CCC(CN)(C(F)(F)F)CC1. The Morgan fingerprint density at radius 1 is 1.22 bits per heavy atom. The molecular weight excluding hydrogens is 245 g/mol. The van der Waals surface area contributed by atoms with Crippen LogP contribution in [-0.2, 0) is 4.79 Å². The van der Waals surface area contributed by atoms with Crippen LogP contribution in [-0.4, -0.2) is 36.6 Å². The predicted molar refractivity (Wildman–Crippen MR) is 62.8 cm³/mol. The lowest BCUT2D eigenvalue weighted by molar-refractivity contribution is -0.234. The number of hydrogen-bond donors (Lipinski definition) is 1. The number of likely N-dealkylation sites (tertiary alicyclic amines) is 1. The van der Waals surface area contributed by atoms with Gasteiger partial charge in [-0.1, -0.05) is 20.8 Å². The van der Waals surface area contributed by atoms with Gasteiger partial charge in [0.25, 0.3) is 0 Å². The van der Waals surface area contributed by atoms with E-state index in [1.54, 1.807) is 20.8 Å². The maximum Gasteiger partial charge on any atom is 0.395 e. The average molecular weight is 266 g/mol. The molecule has 0 unspecified atom stereocenters. The molecule has 2 N–H and O–H groups in total. The number of hydrogen-bond acceptors (Lipinski definition) is 2. The van der Waals surface area contributed by atoms with E-state index in [-0.39, 0.29) is 31.8 Å². The van der Waals surface area contributed by atoms with Crippen LogP contribution in [0.1, 0.15) is 33.6 Å². The van der Waals surface area contributed by atoms with Crippen LogP contribution in [0, 0.1) is 10.8 Å². The van der Waals surface area contributed by atoms with Crippen LogP contribution in [0.2, 0.25) is 0 Å². The van der Waals surface area contributed by atoms with Crippen molar-refractivity contribution in [2.45, 2.75) is 39.8 Å². The Balaban J connectivity index is 2.74. The van der Waals surface area contributed by atoms with E-state index in [2.05, 4.69) is 0 Å². The van der Waals surface area contributed by atoms with E-state index < -0.39 is 23.6 Å². The van der Waals surface area contributed by atoms with E-state index in [1.165, 1.54) is 4.90 Å². The monoisotopic (exact) mass is 266 g/mol. The molecule has 0 atom stereocenters. The molecule has 1 fully saturated rings. The fourth-order valence-corrected chi connectivity index (χ4v) is 2.22. The molecule has 3 nitrogen and oxygen atoms in total. The van der Waals surface area contributed by atoms with Gasteiger partial charge >= 0.3 is 6.18 Å². The first-order valence-electron chi connectivity index (χ1n) is 6.10. The minimum absolute atomic E-state index is 0.102. The van der Waals surface area contributed by atoms with Crippen LogP contribution in [0.25, 0.3) is 0 Å². The van der Waals surface area contributed by atoms with Crippen LogP contribution in [0.5, 0.6) is 0 Å². The van der Waals surface area contributed by atoms with E-state index in [0.717, 1.165) is 0 Å². The molecule has 0 radical (unpaired) electrons. The van der Waals surface area contributed by atoms with Crippen molar-refractivity contribution >= 4 is 5.91 Å². The zero-order valence-corrected chi connectivity index (χ0v) is 11.1. The van der Waals surface area contributed by atoms with Gasteiger partial charge in [0.05, 0.1) is 5.41 Å². The Bertz CT molecular complexity index is 312. The van der Waals surface area contributed by atoms with E-state index >= 15 is 0 Å². The molecule has 106 valence electrons. The topological polar surface area (TPSA) is 46.3 Å². The zero-order chi connectivity index (χ0) is 14.2. The third-order valence-electron chi connectivity index (χ3n) is 3.64. The predicted octanol–water partition coefficient (Wildman–Crippen LogP) is 2.16. The summed E-state index contributed by atoms with van der Waals surface area (Å²) in [5, 5.41) is 0. The van der Waals surface area contributed by atoms with Crippen molar-refractivity contribution in [3.05, 3.63) is 0 Å². The molecule has 1 aliphatic heterocycles. The lowest BCUT2D eigenvalue weighted by Gasteiger charge is -2.43. The molecule has 0 saturated carbocycles. The minimum atomic E-state index is -4.29. The molecule has 1 aliphatic rings. The highest BCUT2D eigenvalue weighted by Crippen LogP contribution is 2.45. The van der Waals surface area contributed by atoms with Gasteiger partial charge in [0.2, 0.25) is 5.91 Å². The van der Waals surface area contributed by atoms with Gasteiger partial charge in [0, 0.05) is 25.0 Å². The fraction of sp³-hybridized carbons (Fsp3) is 0.917. The first-order chi connectivity index (χ1) is 8.03. The van der Waals surface area contributed by atoms with E-state index in [0.29, 0.717) is 0 Å². The van der Waals surface area contributed by atoms with Crippen LogP contribution in [0.3, 0.4) is 0 Å².